The van der Waals surface area contributed by atoms with Crippen molar-refractivity contribution in [1.29, 1.82) is 0 Å². The topological polar surface area (TPSA) is 94.4 Å². The predicted octanol–water partition coefficient (Wildman–Crippen LogP) is 2.04. The highest BCUT2D eigenvalue weighted by Gasteiger charge is 2.34. The zero-order valence-corrected chi connectivity index (χ0v) is 16.2. The number of aromatic nitrogens is 3. The molecule has 0 bridgehead atoms. The smallest absolute Gasteiger partial charge is 0.414 e. The number of nitrogens with zero attached hydrogens (tertiary/aromatic N) is 4. The van der Waals surface area contributed by atoms with Crippen molar-refractivity contribution < 1.29 is 22.3 Å². The zero-order valence-electron chi connectivity index (χ0n) is 15.4. The average molecular weight is 408 g/mol. The lowest BCUT2D eigenvalue weighted by molar-refractivity contribution is 0.129. The molecule has 2 saturated heterocycles. The van der Waals surface area contributed by atoms with Crippen molar-refractivity contribution in [3.05, 3.63) is 41.5 Å². The quantitative estimate of drug-likeness (QED) is 0.769. The Morgan fingerprint density at radius 2 is 2.04 bits per heavy atom. The molecule has 28 heavy (non-hydrogen) atoms. The summed E-state index contributed by atoms with van der Waals surface area (Å²) in [5.41, 5.74) is 1.70. The Kier molecular flexibility index (Phi) is 4.82. The van der Waals surface area contributed by atoms with Crippen LogP contribution in [0.5, 0.6) is 0 Å². The van der Waals surface area contributed by atoms with E-state index in [0.29, 0.717) is 30.6 Å². The summed E-state index contributed by atoms with van der Waals surface area (Å²) in [6, 6.07) is 4.65. The lowest BCUT2D eigenvalue weighted by Gasteiger charge is -2.23. The zero-order chi connectivity index (χ0) is 19.9. The summed E-state index contributed by atoms with van der Waals surface area (Å²) in [6.07, 6.45) is 1.67. The third-order valence-corrected chi connectivity index (χ3v) is 6.92. The molecule has 1 aromatic heterocycles. The molecule has 0 radical (unpaired) electrons. The Morgan fingerprint density at radius 3 is 2.68 bits per heavy atom. The van der Waals surface area contributed by atoms with Gasteiger partial charge in [-0.05, 0) is 43.4 Å². The Hall–Kier alpha value is -2.49. The molecule has 4 rings (SSSR count). The van der Waals surface area contributed by atoms with Crippen LogP contribution in [0.25, 0.3) is 0 Å². The fraction of sp³-hybridized carbons (Fsp3) is 0.500. The van der Waals surface area contributed by atoms with Gasteiger partial charge < -0.3 is 4.74 Å². The minimum atomic E-state index is -3.00. The highest BCUT2D eigenvalue weighted by atomic mass is 32.2. The van der Waals surface area contributed by atoms with Crippen LogP contribution < -0.4 is 4.90 Å². The van der Waals surface area contributed by atoms with E-state index < -0.39 is 27.9 Å². The minimum absolute atomic E-state index is 0.0841. The normalized spacial score (nSPS) is 22.4. The van der Waals surface area contributed by atoms with Gasteiger partial charge in [-0.2, -0.15) is 0 Å². The summed E-state index contributed by atoms with van der Waals surface area (Å²) < 4.78 is 44.8. The molecule has 1 atom stereocenters. The lowest BCUT2D eigenvalue weighted by Crippen LogP contribution is -2.26. The molecule has 2 aromatic rings. The summed E-state index contributed by atoms with van der Waals surface area (Å²) in [5.74, 6) is -0.377. The lowest BCUT2D eigenvalue weighted by atomic mass is 9.93. The monoisotopic (exact) mass is 408 g/mol. The van der Waals surface area contributed by atoms with E-state index in [9.17, 15) is 17.6 Å². The maximum Gasteiger partial charge on any atom is 0.414 e. The Labute approximate surface area is 162 Å². The van der Waals surface area contributed by atoms with E-state index in [2.05, 4.69) is 10.3 Å². The number of halogens is 1. The maximum absolute atomic E-state index is 14.7. The number of cyclic esters (lactones) is 1. The first kappa shape index (κ1) is 18.9. The first-order valence-corrected chi connectivity index (χ1v) is 11.0. The highest BCUT2D eigenvalue weighted by Crippen LogP contribution is 2.33. The van der Waals surface area contributed by atoms with Crippen molar-refractivity contribution >= 4 is 21.6 Å². The Balaban J connectivity index is 1.46. The van der Waals surface area contributed by atoms with Crippen LogP contribution in [-0.2, 0) is 21.1 Å². The van der Waals surface area contributed by atoms with Gasteiger partial charge in [-0.3, -0.25) is 4.90 Å². The van der Waals surface area contributed by atoms with Crippen LogP contribution in [-0.4, -0.2) is 53.7 Å². The van der Waals surface area contributed by atoms with Gasteiger partial charge in [0.25, 0.3) is 0 Å². The summed E-state index contributed by atoms with van der Waals surface area (Å²) in [6.45, 7) is 2.49. The van der Waals surface area contributed by atoms with Crippen LogP contribution in [0.3, 0.4) is 0 Å². The summed E-state index contributed by atoms with van der Waals surface area (Å²) in [4.78, 5) is 13.6. The molecule has 0 spiro atoms. The number of anilines is 1. The molecule has 0 saturated carbocycles. The van der Waals surface area contributed by atoms with E-state index in [1.807, 2.05) is 6.92 Å². The number of carbonyl (C=O) groups excluding carboxylic acids is 1. The van der Waals surface area contributed by atoms with Gasteiger partial charge in [0.2, 0.25) is 0 Å². The number of hydrogen-bond donors (Lipinski definition) is 0. The SMILES string of the molecule is Cc1cn(C[C@H]2CN(c3ccc(C4CCS(=O)(=O)CC4)c(F)c3)C(=O)O2)nn1. The number of ether oxygens (including phenoxy) is 1. The Bertz CT molecular complexity index is 993. The largest absolute Gasteiger partial charge is 0.442 e. The first-order valence-electron chi connectivity index (χ1n) is 9.15. The van der Waals surface area contributed by atoms with Gasteiger partial charge >= 0.3 is 6.09 Å². The van der Waals surface area contributed by atoms with Gasteiger partial charge in [-0.15, -0.1) is 5.10 Å². The fourth-order valence-corrected chi connectivity index (χ4v) is 5.23. The van der Waals surface area contributed by atoms with Crippen molar-refractivity contribution in [2.45, 2.75) is 38.3 Å². The molecule has 0 N–H and O–H groups in total. The molecule has 0 aliphatic carbocycles. The van der Waals surface area contributed by atoms with Gasteiger partial charge in [0, 0.05) is 6.20 Å². The van der Waals surface area contributed by atoms with Crippen LogP contribution in [0.1, 0.15) is 30.0 Å². The van der Waals surface area contributed by atoms with Crippen molar-refractivity contribution in [2.75, 3.05) is 23.0 Å². The molecular weight excluding hydrogens is 387 g/mol. The number of carbonyl (C=O) groups is 1. The number of sulfone groups is 1. The minimum Gasteiger partial charge on any atom is -0.442 e. The first-order chi connectivity index (χ1) is 13.3. The molecule has 2 aliphatic heterocycles. The van der Waals surface area contributed by atoms with Crippen molar-refractivity contribution in [1.82, 2.24) is 15.0 Å². The van der Waals surface area contributed by atoms with E-state index >= 15 is 0 Å². The van der Waals surface area contributed by atoms with Gasteiger partial charge in [0.15, 0.2) is 0 Å². The van der Waals surface area contributed by atoms with E-state index in [1.54, 1.807) is 23.0 Å². The molecule has 0 unspecified atom stereocenters. The van der Waals surface area contributed by atoms with Crippen molar-refractivity contribution in [3.8, 4) is 0 Å². The summed E-state index contributed by atoms with van der Waals surface area (Å²) in [7, 11) is -3.00. The van der Waals surface area contributed by atoms with E-state index in [-0.39, 0.29) is 24.0 Å². The molecular formula is C18H21FN4O4S. The Morgan fingerprint density at radius 1 is 1.29 bits per heavy atom. The van der Waals surface area contributed by atoms with Gasteiger partial charge in [0.05, 0.1) is 36.0 Å². The van der Waals surface area contributed by atoms with E-state index in [1.165, 1.54) is 11.0 Å². The predicted molar refractivity (Wildman–Crippen MR) is 99.4 cm³/mol. The third kappa shape index (κ3) is 3.87. The van der Waals surface area contributed by atoms with E-state index in [0.717, 1.165) is 5.69 Å². The average Bonchev–Trinajstić information content (AvgIpc) is 3.21. The number of aryl methyl sites for hydroxylation is 1. The molecule has 10 heteroatoms. The maximum atomic E-state index is 14.7. The van der Waals surface area contributed by atoms with Crippen LogP contribution in [0, 0.1) is 12.7 Å². The molecule has 2 aliphatic rings. The van der Waals surface area contributed by atoms with E-state index in [4.69, 9.17) is 4.74 Å². The number of hydrogen-bond acceptors (Lipinski definition) is 6. The molecule has 1 aromatic carbocycles. The van der Waals surface area contributed by atoms with Gasteiger partial charge in [0.1, 0.15) is 21.8 Å². The third-order valence-electron chi connectivity index (χ3n) is 5.21. The standard InChI is InChI=1S/C18H21FN4O4S/c1-12-9-22(21-20-12)10-15-11-23(18(24)27-15)14-2-3-16(17(19)8-14)13-4-6-28(25,26)7-5-13/h2-3,8-9,13,15H,4-7,10-11H2,1H3/t15-/m0/s1. The molecule has 150 valence electrons. The second kappa shape index (κ2) is 7.16. The van der Waals surface area contributed by atoms with Crippen LogP contribution in [0.15, 0.2) is 24.4 Å². The summed E-state index contributed by atoms with van der Waals surface area (Å²) >= 11 is 0. The van der Waals surface area contributed by atoms with Crippen LogP contribution >= 0.6 is 0 Å². The fourth-order valence-electron chi connectivity index (χ4n) is 3.74. The van der Waals surface area contributed by atoms with Crippen molar-refractivity contribution in [3.63, 3.8) is 0 Å². The molecule has 8 nitrogen and oxygen atoms in total. The molecule has 2 fully saturated rings. The van der Waals surface area contributed by atoms with Crippen LogP contribution in [0.4, 0.5) is 14.9 Å². The number of rotatable bonds is 4. The van der Waals surface area contributed by atoms with Gasteiger partial charge in [-0.25, -0.2) is 22.3 Å². The number of benzene rings is 1. The number of amides is 1. The molecule has 1 amide bonds. The van der Waals surface area contributed by atoms with Crippen LogP contribution in [0.2, 0.25) is 0 Å². The second-order valence-corrected chi connectivity index (χ2v) is 9.63. The van der Waals surface area contributed by atoms with Gasteiger partial charge in [-0.1, -0.05) is 11.3 Å². The second-order valence-electron chi connectivity index (χ2n) is 7.33. The summed E-state index contributed by atoms with van der Waals surface area (Å²) in [5, 5.41) is 7.84. The molecule has 3 heterocycles. The highest BCUT2D eigenvalue weighted by molar-refractivity contribution is 7.91. The van der Waals surface area contributed by atoms with Crippen molar-refractivity contribution in [2.24, 2.45) is 0 Å².